The molecule has 1 aliphatic rings. The lowest BCUT2D eigenvalue weighted by Crippen LogP contribution is -2.36. The zero-order valence-corrected chi connectivity index (χ0v) is 16.7. The van der Waals surface area contributed by atoms with E-state index < -0.39 is 0 Å². The lowest BCUT2D eigenvalue weighted by atomic mass is 10.1. The van der Waals surface area contributed by atoms with Gasteiger partial charge in [0.15, 0.2) is 16.7 Å². The highest BCUT2D eigenvalue weighted by Crippen LogP contribution is 2.44. The second-order valence-corrected chi connectivity index (χ2v) is 7.81. The highest BCUT2D eigenvalue weighted by atomic mass is 32.2. The zero-order chi connectivity index (χ0) is 19.8. The largest absolute Gasteiger partial charge is 0.507 e. The fraction of sp³-hybridized carbons (Fsp3) is 0.238. The van der Waals surface area contributed by atoms with Crippen LogP contribution in [-0.2, 0) is 11.8 Å². The Balaban J connectivity index is 1.57. The van der Waals surface area contributed by atoms with Crippen LogP contribution in [0.2, 0.25) is 0 Å². The SMILES string of the molecule is Cn1c(Sc2c(O)cc(N3CCOCC3)c3ccccc23)nnc1-c1ccco1. The average Bonchev–Trinajstić information content (AvgIpc) is 3.40. The highest BCUT2D eigenvalue weighted by Gasteiger charge is 2.21. The summed E-state index contributed by atoms with van der Waals surface area (Å²) in [6.45, 7) is 3.01. The molecule has 3 heterocycles. The van der Waals surface area contributed by atoms with Crippen molar-refractivity contribution in [1.29, 1.82) is 0 Å². The average molecular weight is 408 g/mol. The number of morpholine rings is 1. The summed E-state index contributed by atoms with van der Waals surface area (Å²) in [6, 6.07) is 13.7. The lowest BCUT2D eigenvalue weighted by Gasteiger charge is -2.30. The normalized spacial score (nSPS) is 14.6. The van der Waals surface area contributed by atoms with E-state index in [2.05, 4.69) is 21.2 Å². The molecule has 1 saturated heterocycles. The van der Waals surface area contributed by atoms with Gasteiger partial charge in [-0.2, -0.15) is 0 Å². The minimum Gasteiger partial charge on any atom is -0.507 e. The number of nitrogens with zero attached hydrogens (tertiary/aromatic N) is 4. The summed E-state index contributed by atoms with van der Waals surface area (Å²) in [6.07, 6.45) is 1.61. The van der Waals surface area contributed by atoms with E-state index in [4.69, 9.17) is 9.15 Å². The fourth-order valence-electron chi connectivity index (χ4n) is 3.60. The fourth-order valence-corrected chi connectivity index (χ4v) is 4.54. The van der Waals surface area contributed by atoms with Gasteiger partial charge < -0.3 is 23.7 Å². The molecule has 5 rings (SSSR count). The van der Waals surface area contributed by atoms with Crippen LogP contribution in [0.3, 0.4) is 0 Å². The Morgan fingerprint density at radius 2 is 1.83 bits per heavy atom. The van der Waals surface area contributed by atoms with E-state index in [-0.39, 0.29) is 5.75 Å². The van der Waals surface area contributed by atoms with Crippen LogP contribution in [0.15, 0.2) is 63.2 Å². The highest BCUT2D eigenvalue weighted by molar-refractivity contribution is 7.99. The first-order valence-corrected chi connectivity index (χ1v) is 10.2. The topological polar surface area (TPSA) is 76.5 Å². The van der Waals surface area contributed by atoms with E-state index in [1.807, 2.05) is 48.0 Å². The summed E-state index contributed by atoms with van der Waals surface area (Å²) in [7, 11) is 1.89. The Morgan fingerprint density at radius 1 is 1.03 bits per heavy atom. The van der Waals surface area contributed by atoms with E-state index in [9.17, 15) is 5.11 Å². The molecule has 4 aromatic rings. The third kappa shape index (κ3) is 3.24. The van der Waals surface area contributed by atoms with Crippen LogP contribution in [0.1, 0.15) is 0 Å². The predicted octanol–water partition coefficient (Wildman–Crippen LogP) is 3.92. The number of hydrogen-bond acceptors (Lipinski definition) is 7. The zero-order valence-electron chi connectivity index (χ0n) is 15.9. The summed E-state index contributed by atoms with van der Waals surface area (Å²) in [4.78, 5) is 3.02. The molecule has 8 heteroatoms. The van der Waals surface area contributed by atoms with Crippen molar-refractivity contribution in [2.45, 2.75) is 10.1 Å². The van der Waals surface area contributed by atoms with Crippen molar-refractivity contribution in [3.8, 4) is 17.3 Å². The molecule has 0 saturated carbocycles. The van der Waals surface area contributed by atoms with Crippen LogP contribution in [-0.4, -0.2) is 46.2 Å². The Kier molecular flexibility index (Phi) is 4.65. The molecule has 7 nitrogen and oxygen atoms in total. The molecule has 0 spiro atoms. The van der Waals surface area contributed by atoms with Crippen LogP contribution in [0.25, 0.3) is 22.4 Å². The van der Waals surface area contributed by atoms with E-state index in [0.717, 1.165) is 34.4 Å². The second kappa shape index (κ2) is 7.46. The third-order valence-electron chi connectivity index (χ3n) is 5.08. The maximum absolute atomic E-state index is 10.9. The molecule has 0 unspecified atom stereocenters. The molecule has 0 aliphatic carbocycles. The van der Waals surface area contributed by atoms with Crippen molar-refractivity contribution in [3.63, 3.8) is 0 Å². The molecule has 2 aromatic carbocycles. The van der Waals surface area contributed by atoms with Crippen LogP contribution >= 0.6 is 11.8 Å². The van der Waals surface area contributed by atoms with Gasteiger partial charge in [0.2, 0.25) is 0 Å². The van der Waals surface area contributed by atoms with Crippen molar-refractivity contribution in [2.24, 2.45) is 7.05 Å². The molecule has 148 valence electrons. The minimum atomic E-state index is 0.234. The van der Waals surface area contributed by atoms with Gasteiger partial charge in [-0.15, -0.1) is 10.2 Å². The second-order valence-electron chi connectivity index (χ2n) is 6.83. The number of hydrogen-bond donors (Lipinski definition) is 1. The maximum atomic E-state index is 10.9. The van der Waals surface area contributed by atoms with Crippen LogP contribution < -0.4 is 4.90 Å². The van der Waals surface area contributed by atoms with Gasteiger partial charge in [0.1, 0.15) is 5.75 Å². The van der Waals surface area contributed by atoms with E-state index in [0.29, 0.717) is 30.0 Å². The molecule has 0 amide bonds. The number of phenols is 1. The molecule has 1 fully saturated rings. The molecule has 0 bridgehead atoms. The quantitative estimate of drug-likeness (QED) is 0.548. The third-order valence-corrected chi connectivity index (χ3v) is 6.25. The van der Waals surface area contributed by atoms with Crippen molar-refractivity contribution >= 4 is 28.2 Å². The first-order valence-electron chi connectivity index (χ1n) is 9.41. The van der Waals surface area contributed by atoms with Gasteiger partial charge in [-0.05, 0) is 23.9 Å². The number of aromatic nitrogens is 3. The number of ether oxygens (including phenoxy) is 1. The molecular weight excluding hydrogens is 388 g/mol. The van der Waals surface area contributed by atoms with Gasteiger partial charge in [0, 0.05) is 42.7 Å². The van der Waals surface area contributed by atoms with Gasteiger partial charge in [0.05, 0.1) is 24.4 Å². The lowest BCUT2D eigenvalue weighted by molar-refractivity contribution is 0.123. The number of furan rings is 1. The van der Waals surface area contributed by atoms with E-state index in [1.165, 1.54) is 11.8 Å². The molecular formula is C21H20N4O3S. The summed E-state index contributed by atoms with van der Waals surface area (Å²) in [5.41, 5.74) is 1.03. The minimum absolute atomic E-state index is 0.234. The van der Waals surface area contributed by atoms with Gasteiger partial charge in [-0.1, -0.05) is 24.3 Å². The first kappa shape index (κ1) is 18.1. The molecule has 2 aromatic heterocycles. The monoisotopic (exact) mass is 408 g/mol. The van der Waals surface area contributed by atoms with Crippen molar-refractivity contribution in [2.75, 3.05) is 31.2 Å². The molecule has 29 heavy (non-hydrogen) atoms. The number of aromatic hydroxyl groups is 1. The summed E-state index contributed by atoms with van der Waals surface area (Å²) in [5, 5.41) is 22.2. The van der Waals surface area contributed by atoms with Crippen LogP contribution in [0.4, 0.5) is 5.69 Å². The molecule has 0 atom stereocenters. The van der Waals surface area contributed by atoms with Crippen LogP contribution in [0, 0.1) is 0 Å². The smallest absolute Gasteiger partial charge is 0.200 e. The number of rotatable bonds is 4. The number of anilines is 1. The number of fused-ring (bicyclic) bond motifs is 1. The van der Waals surface area contributed by atoms with Crippen molar-refractivity contribution in [1.82, 2.24) is 14.8 Å². The Bertz CT molecular complexity index is 1150. The predicted molar refractivity (Wildman–Crippen MR) is 111 cm³/mol. The summed E-state index contributed by atoms with van der Waals surface area (Å²) < 4.78 is 12.8. The maximum Gasteiger partial charge on any atom is 0.200 e. The Morgan fingerprint density at radius 3 is 2.59 bits per heavy atom. The summed E-state index contributed by atoms with van der Waals surface area (Å²) in [5.74, 6) is 1.53. The van der Waals surface area contributed by atoms with Crippen molar-refractivity contribution < 1.29 is 14.3 Å². The molecule has 1 aliphatic heterocycles. The van der Waals surface area contributed by atoms with Gasteiger partial charge in [0.25, 0.3) is 0 Å². The standard InChI is InChI=1S/C21H20N4O3S/c1-24-20(18-7-4-10-28-18)22-23-21(24)29-19-15-6-3-2-5-14(15)16(13-17(19)26)25-8-11-27-12-9-25/h2-7,10,13,26H,8-9,11-12H2,1H3. The Labute approximate surface area is 171 Å². The Hall–Kier alpha value is -2.97. The molecule has 0 radical (unpaired) electrons. The van der Waals surface area contributed by atoms with E-state index >= 15 is 0 Å². The number of benzene rings is 2. The van der Waals surface area contributed by atoms with Crippen LogP contribution in [0.5, 0.6) is 5.75 Å². The van der Waals surface area contributed by atoms with Gasteiger partial charge in [-0.3, -0.25) is 0 Å². The van der Waals surface area contributed by atoms with Gasteiger partial charge >= 0.3 is 0 Å². The van der Waals surface area contributed by atoms with E-state index in [1.54, 1.807) is 6.26 Å². The summed E-state index contributed by atoms with van der Waals surface area (Å²) >= 11 is 1.40. The van der Waals surface area contributed by atoms with Gasteiger partial charge in [-0.25, -0.2) is 0 Å². The number of phenolic OH excluding ortho intramolecular Hbond substituents is 1. The molecule has 1 N–H and O–H groups in total. The van der Waals surface area contributed by atoms with Crippen molar-refractivity contribution in [3.05, 3.63) is 48.7 Å². The first-order chi connectivity index (χ1) is 14.2.